The smallest absolute Gasteiger partial charge is 0.251 e. The van der Waals surface area contributed by atoms with Crippen molar-refractivity contribution in [2.75, 3.05) is 18.0 Å². The highest BCUT2D eigenvalue weighted by molar-refractivity contribution is 5.84. The molecule has 3 heterocycles. The number of benzene rings is 1. The number of fused-ring (bicyclic) bond motifs is 1. The van der Waals surface area contributed by atoms with Gasteiger partial charge in [-0.15, -0.1) is 0 Å². The van der Waals surface area contributed by atoms with Crippen LogP contribution in [0.4, 0.5) is 14.6 Å². The van der Waals surface area contributed by atoms with E-state index in [-0.39, 0.29) is 31.7 Å². The van der Waals surface area contributed by atoms with Crippen LogP contribution in [0.5, 0.6) is 5.75 Å². The highest BCUT2D eigenvalue weighted by atomic mass is 19.3. The molecule has 1 fully saturated rings. The molecule has 0 amide bonds. The number of aryl methyl sites for hydroxylation is 1. The Bertz CT molecular complexity index is 889. The molecule has 7 heteroatoms. The van der Waals surface area contributed by atoms with E-state index in [4.69, 9.17) is 0 Å². The van der Waals surface area contributed by atoms with Gasteiger partial charge in [-0.2, -0.15) is 0 Å². The third-order valence-corrected chi connectivity index (χ3v) is 4.64. The van der Waals surface area contributed by atoms with Gasteiger partial charge in [-0.1, -0.05) is 0 Å². The summed E-state index contributed by atoms with van der Waals surface area (Å²) in [6.07, 6.45) is 1.32. The van der Waals surface area contributed by atoms with Crippen molar-refractivity contribution in [3.8, 4) is 17.1 Å². The van der Waals surface area contributed by atoms with Gasteiger partial charge in [0.25, 0.3) is 5.92 Å². The van der Waals surface area contributed by atoms with Crippen LogP contribution in [0.25, 0.3) is 22.4 Å². The van der Waals surface area contributed by atoms with Gasteiger partial charge in [0.1, 0.15) is 17.4 Å². The van der Waals surface area contributed by atoms with E-state index in [9.17, 15) is 13.9 Å². The molecular weight excluding hydrogens is 326 g/mol. The number of nitrogens with zero attached hydrogens (tertiary/aromatic N) is 3. The third-order valence-electron chi connectivity index (χ3n) is 4.64. The van der Waals surface area contributed by atoms with Crippen molar-refractivity contribution in [2.45, 2.75) is 25.7 Å². The SMILES string of the molecule is Cc1cc2[nH]c(-c3cccnc3N3CCC(F)(F)CC3)nc2cc1O. The summed E-state index contributed by atoms with van der Waals surface area (Å²) >= 11 is 0. The highest BCUT2D eigenvalue weighted by Gasteiger charge is 2.35. The second-order valence-corrected chi connectivity index (χ2v) is 6.46. The van der Waals surface area contributed by atoms with Crippen LogP contribution in [0, 0.1) is 6.92 Å². The number of imidazole rings is 1. The number of phenolic OH excluding ortho intramolecular Hbond substituents is 1. The van der Waals surface area contributed by atoms with E-state index in [2.05, 4.69) is 15.0 Å². The number of alkyl halides is 2. The molecule has 1 aromatic carbocycles. The number of phenols is 1. The van der Waals surface area contributed by atoms with Gasteiger partial charge in [0.05, 0.1) is 16.6 Å². The number of aromatic nitrogens is 3. The van der Waals surface area contributed by atoms with Gasteiger partial charge >= 0.3 is 0 Å². The van der Waals surface area contributed by atoms with E-state index in [1.165, 1.54) is 0 Å². The van der Waals surface area contributed by atoms with Gasteiger partial charge < -0.3 is 15.0 Å². The van der Waals surface area contributed by atoms with Crippen molar-refractivity contribution < 1.29 is 13.9 Å². The van der Waals surface area contributed by atoms with Crippen molar-refractivity contribution in [2.24, 2.45) is 0 Å². The summed E-state index contributed by atoms with van der Waals surface area (Å²) < 4.78 is 26.9. The average Bonchev–Trinajstić information content (AvgIpc) is 2.98. The Morgan fingerprint density at radius 1 is 1.24 bits per heavy atom. The Labute approximate surface area is 143 Å². The first-order valence-corrected chi connectivity index (χ1v) is 8.20. The van der Waals surface area contributed by atoms with Crippen LogP contribution >= 0.6 is 0 Å². The van der Waals surface area contributed by atoms with Crippen molar-refractivity contribution in [3.05, 3.63) is 36.0 Å². The summed E-state index contributed by atoms with van der Waals surface area (Å²) in [5.41, 5.74) is 2.98. The maximum atomic E-state index is 13.4. The lowest BCUT2D eigenvalue weighted by atomic mass is 10.1. The second kappa shape index (κ2) is 5.68. The molecule has 5 nitrogen and oxygen atoms in total. The third kappa shape index (κ3) is 2.90. The standard InChI is InChI=1S/C18H18F2N4O/c1-11-9-13-14(10-15(11)25)23-16(22-13)12-3-2-6-21-17(12)24-7-4-18(19,20)5-8-24/h2-3,6,9-10,25H,4-5,7-8H2,1H3,(H,22,23). The number of aromatic hydroxyl groups is 1. The largest absolute Gasteiger partial charge is 0.508 e. The van der Waals surface area contributed by atoms with E-state index < -0.39 is 5.92 Å². The lowest BCUT2D eigenvalue weighted by Crippen LogP contribution is -2.40. The predicted octanol–water partition coefficient (Wildman–Crippen LogP) is 3.87. The molecule has 0 unspecified atom stereocenters. The number of nitrogens with one attached hydrogen (secondary N) is 1. The molecule has 0 spiro atoms. The number of rotatable bonds is 2. The monoisotopic (exact) mass is 344 g/mol. The van der Waals surface area contributed by atoms with Gasteiger partial charge in [0.2, 0.25) is 0 Å². The average molecular weight is 344 g/mol. The van der Waals surface area contributed by atoms with Crippen molar-refractivity contribution in [1.82, 2.24) is 15.0 Å². The fourth-order valence-corrected chi connectivity index (χ4v) is 3.16. The molecule has 0 radical (unpaired) electrons. The summed E-state index contributed by atoms with van der Waals surface area (Å²) in [7, 11) is 0. The molecule has 0 aliphatic carbocycles. The van der Waals surface area contributed by atoms with E-state index >= 15 is 0 Å². The van der Waals surface area contributed by atoms with Gasteiger partial charge in [0.15, 0.2) is 0 Å². The van der Waals surface area contributed by atoms with E-state index in [0.717, 1.165) is 16.6 Å². The van der Waals surface area contributed by atoms with Crippen LogP contribution in [-0.4, -0.2) is 39.1 Å². The predicted molar refractivity (Wildman–Crippen MR) is 92.1 cm³/mol. The van der Waals surface area contributed by atoms with Crippen LogP contribution in [0.2, 0.25) is 0 Å². The summed E-state index contributed by atoms with van der Waals surface area (Å²) in [6, 6.07) is 7.12. The van der Waals surface area contributed by atoms with Crippen molar-refractivity contribution in [3.63, 3.8) is 0 Å². The molecule has 0 saturated carbocycles. The van der Waals surface area contributed by atoms with E-state index in [1.807, 2.05) is 24.0 Å². The zero-order chi connectivity index (χ0) is 17.6. The van der Waals surface area contributed by atoms with Gasteiger partial charge in [-0.05, 0) is 30.7 Å². The number of H-pyrrole nitrogens is 1. The first-order chi connectivity index (χ1) is 11.9. The first kappa shape index (κ1) is 15.8. The molecule has 1 aliphatic rings. The van der Waals surface area contributed by atoms with Crippen LogP contribution < -0.4 is 4.90 Å². The zero-order valence-corrected chi connectivity index (χ0v) is 13.8. The highest BCUT2D eigenvalue weighted by Crippen LogP contribution is 2.34. The summed E-state index contributed by atoms with van der Waals surface area (Å²) in [5.74, 6) is -1.14. The number of anilines is 1. The van der Waals surface area contributed by atoms with Crippen LogP contribution in [-0.2, 0) is 0 Å². The molecule has 1 aliphatic heterocycles. The topological polar surface area (TPSA) is 65.0 Å². The van der Waals surface area contributed by atoms with E-state index in [1.54, 1.807) is 18.3 Å². The molecule has 0 atom stereocenters. The van der Waals surface area contributed by atoms with Crippen LogP contribution in [0.3, 0.4) is 0 Å². The Morgan fingerprint density at radius 3 is 2.76 bits per heavy atom. The fourth-order valence-electron chi connectivity index (χ4n) is 3.16. The van der Waals surface area contributed by atoms with Crippen molar-refractivity contribution >= 4 is 16.9 Å². The molecule has 3 aromatic rings. The van der Waals surface area contributed by atoms with Crippen LogP contribution in [0.1, 0.15) is 18.4 Å². The minimum Gasteiger partial charge on any atom is -0.508 e. The molecular formula is C18H18F2N4O. The quantitative estimate of drug-likeness (QED) is 0.741. The number of pyridine rings is 1. The van der Waals surface area contributed by atoms with Gasteiger partial charge in [-0.3, -0.25) is 0 Å². The number of piperidine rings is 1. The Balaban J connectivity index is 1.74. The molecule has 2 aromatic heterocycles. The number of hydrogen-bond donors (Lipinski definition) is 2. The Kier molecular flexibility index (Phi) is 3.59. The maximum Gasteiger partial charge on any atom is 0.251 e. The lowest BCUT2D eigenvalue weighted by Gasteiger charge is -2.33. The number of halogens is 2. The minimum atomic E-state index is -2.60. The Hall–Kier alpha value is -2.70. The minimum absolute atomic E-state index is 0.170. The Morgan fingerprint density at radius 2 is 2.00 bits per heavy atom. The maximum absolute atomic E-state index is 13.4. The van der Waals surface area contributed by atoms with Crippen LogP contribution in [0.15, 0.2) is 30.5 Å². The molecule has 130 valence electrons. The molecule has 25 heavy (non-hydrogen) atoms. The number of aromatic amines is 1. The van der Waals surface area contributed by atoms with Crippen molar-refractivity contribution in [1.29, 1.82) is 0 Å². The lowest BCUT2D eigenvalue weighted by molar-refractivity contribution is -0.0221. The van der Waals surface area contributed by atoms with Gasteiger partial charge in [-0.25, -0.2) is 18.7 Å². The first-order valence-electron chi connectivity index (χ1n) is 8.20. The second-order valence-electron chi connectivity index (χ2n) is 6.46. The zero-order valence-electron chi connectivity index (χ0n) is 13.8. The fraction of sp³-hybridized carbons (Fsp3) is 0.333. The molecule has 4 rings (SSSR count). The molecule has 1 saturated heterocycles. The normalized spacial score (nSPS) is 17.2. The molecule has 0 bridgehead atoms. The summed E-state index contributed by atoms with van der Waals surface area (Å²) in [5, 5.41) is 9.86. The van der Waals surface area contributed by atoms with Gasteiger partial charge in [0, 0.05) is 38.2 Å². The summed E-state index contributed by atoms with van der Waals surface area (Å²) in [4.78, 5) is 14.1. The number of hydrogen-bond acceptors (Lipinski definition) is 4. The van der Waals surface area contributed by atoms with E-state index in [0.29, 0.717) is 17.2 Å². The summed E-state index contributed by atoms with van der Waals surface area (Å²) in [6.45, 7) is 2.34. The molecule has 2 N–H and O–H groups in total.